The summed E-state index contributed by atoms with van der Waals surface area (Å²) < 4.78 is 5.50. The first-order valence-corrected chi connectivity index (χ1v) is 12.4. The third kappa shape index (κ3) is 6.56. The summed E-state index contributed by atoms with van der Waals surface area (Å²) in [4.78, 5) is 9.57. The fourth-order valence-electron chi connectivity index (χ4n) is 4.86. The molecule has 1 unspecified atom stereocenters. The average molecular weight is 450 g/mol. The van der Waals surface area contributed by atoms with Crippen LogP contribution in [0.5, 0.6) is 0 Å². The molecule has 0 aliphatic carbocycles. The molecule has 0 bridgehead atoms. The summed E-state index contributed by atoms with van der Waals surface area (Å²) in [7, 11) is 1.85. The highest BCUT2D eigenvalue weighted by molar-refractivity contribution is 5.79. The van der Waals surface area contributed by atoms with Gasteiger partial charge in [-0.25, -0.2) is 0 Å². The topological polar surface area (TPSA) is 52.1 Å². The van der Waals surface area contributed by atoms with E-state index in [2.05, 4.69) is 80.9 Å². The highest BCUT2D eigenvalue weighted by Gasteiger charge is 2.22. The molecule has 0 spiro atoms. The van der Waals surface area contributed by atoms with Crippen LogP contribution in [0.25, 0.3) is 0 Å². The fraction of sp³-hybridized carbons (Fsp3) is 0.519. The van der Waals surface area contributed by atoms with Gasteiger partial charge in [-0.05, 0) is 35.1 Å². The molecule has 0 aromatic heterocycles. The number of fused-ring (bicyclic) bond motifs is 1. The van der Waals surface area contributed by atoms with Gasteiger partial charge >= 0.3 is 0 Å². The van der Waals surface area contributed by atoms with Crippen LogP contribution in [0.3, 0.4) is 0 Å². The van der Waals surface area contributed by atoms with Gasteiger partial charge in [0.2, 0.25) is 0 Å². The molecule has 0 amide bonds. The lowest BCUT2D eigenvalue weighted by atomic mass is 9.98. The van der Waals surface area contributed by atoms with Gasteiger partial charge in [-0.2, -0.15) is 0 Å². The van der Waals surface area contributed by atoms with Gasteiger partial charge in [-0.1, -0.05) is 55.5 Å². The molecule has 0 radical (unpaired) electrons. The molecule has 1 fully saturated rings. The number of rotatable bonds is 8. The maximum Gasteiger partial charge on any atom is 0.191 e. The second-order valence-electron chi connectivity index (χ2n) is 9.02. The smallest absolute Gasteiger partial charge is 0.191 e. The third-order valence-corrected chi connectivity index (χ3v) is 6.94. The molecule has 1 atom stereocenters. The number of nitrogens with one attached hydrogen (secondary N) is 2. The Hall–Kier alpha value is -2.41. The predicted molar refractivity (Wildman–Crippen MR) is 135 cm³/mol. The van der Waals surface area contributed by atoms with E-state index in [1.54, 1.807) is 0 Å². The quantitative estimate of drug-likeness (QED) is 0.479. The Balaban J connectivity index is 1.29. The van der Waals surface area contributed by atoms with Crippen LogP contribution in [-0.4, -0.2) is 68.2 Å². The number of hydrogen-bond donors (Lipinski definition) is 2. The SMILES string of the molecule is CCC(CNC(=NC)NCc1ccccc1CN1CCOCC1)N1CCc2ccccc2C1. The predicted octanol–water partition coefficient (Wildman–Crippen LogP) is 3.02. The van der Waals surface area contributed by atoms with Crippen molar-refractivity contribution < 1.29 is 4.74 Å². The average Bonchev–Trinajstić information content (AvgIpc) is 2.87. The second kappa shape index (κ2) is 12.2. The van der Waals surface area contributed by atoms with Crippen molar-refractivity contribution in [2.75, 3.05) is 46.4 Å². The number of benzene rings is 2. The van der Waals surface area contributed by atoms with Crippen molar-refractivity contribution >= 4 is 5.96 Å². The van der Waals surface area contributed by atoms with E-state index in [1.165, 1.54) is 22.3 Å². The number of nitrogens with zero attached hydrogens (tertiary/aromatic N) is 3. The van der Waals surface area contributed by atoms with Gasteiger partial charge in [-0.3, -0.25) is 14.8 Å². The summed E-state index contributed by atoms with van der Waals surface area (Å²) >= 11 is 0. The Kier molecular flexibility index (Phi) is 8.75. The van der Waals surface area contributed by atoms with Crippen molar-refractivity contribution in [2.24, 2.45) is 4.99 Å². The van der Waals surface area contributed by atoms with Gasteiger partial charge in [0.1, 0.15) is 0 Å². The fourth-order valence-corrected chi connectivity index (χ4v) is 4.86. The van der Waals surface area contributed by atoms with Crippen LogP contribution in [0.4, 0.5) is 0 Å². The molecule has 1 saturated heterocycles. The van der Waals surface area contributed by atoms with Gasteiger partial charge in [0.15, 0.2) is 5.96 Å². The van der Waals surface area contributed by atoms with E-state index < -0.39 is 0 Å². The van der Waals surface area contributed by atoms with Crippen molar-refractivity contribution in [2.45, 2.75) is 45.4 Å². The van der Waals surface area contributed by atoms with E-state index in [1.807, 2.05) is 7.05 Å². The van der Waals surface area contributed by atoms with Crippen LogP contribution >= 0.6 is 0 Å². The van der Waals surface area contributed by atoms with Crippen molar-refractivity contribution in [3.63, 3.8) is 0 Å². The van der Waals surface area contributed by atoms with Crippen LogP contribution < -0.4 is 10.6 Å². The summed E-state index contributed by atoms with van der Waals surface area (Å²) in [6, 6.07) is 18.1. The van der Waals surface area contributed by atoms with Crippen molar-refractivity contribution in [3.05, 3.63) is 70.8 Å². The number of hydrogen-bond acceptors (Lipinski definition) is 4. The maximum absolute atomic E-state index is 5.50. The summed E-state index contributed by atoms with van der Waals surface area (Å²) in [5.41, 5.74) is 5.68. The molecule has 0 saturated carbocycles. The first kappa shape index (κ1) is 23.7. The Labute approximate surface area is 199 Å². The van der Waals surface area contributed by atoms with Crippen LogP contribution in [0.2, 0.25) is 0 Å². The van der Waals surface area contributed by atoms with E-state index in [0.29, 0.717) is 6.04 Å². The van der Waals surface area contributed by atoms with E-state index in [-0.39, 0.29) is 0 Å². The van der Waals surface area contributed by atoms with Crippen molar-refractivity contribution in [1.82, 2.24) is 20.4 Å². The summed E-state index contributed by atoms with van der Waals surface area (Å²) in [6.45, 7) is 10.8. The van der Waals surface area contributed by atoms with Crippen molar-refractivity contribution in [3.8, 4) is 0 Å². The normalized spacial score (nSPS) is 18.5. The van der Waals surface area contributed by atoms with E-state index in [4.69, 9.17) is 4.74 Å². The monoisotopic (exact) mass is 449 g/mol. The molecule has 2 aliphatic heterocycles. The molecule has 178 valence electrons. The van der Waals surface area contributed by atoms with E-state index in [9.17, 15) is 0 Å². The largest absolute Gasteiger partial charge is 0.379 e. The van der Waals surface area contributed by atoms with Crippen LogP contribution in [-0.2, 0) is 30.8 Å². The Morgan fingerprint density at radius 1 is 0.970 bits per heavy atom. The molecule has 2 N–H and O–H groups in total. The highest BCUT2D eigenvalue weighted by atomic mass is 16.5. The number of morpholine rings is 1. The molecular weight excluding hydrogens is 410 g/mol. The second-order valence-corrected chi connectivity index (χ2v) is 9.02. The van der Waals surface area contributed by atoms with Crippen molar-refractivity contribution in [1.29, 1.82) is 0 Å². The molecule has 6 heteroatoms. The summed E-state index contributed by atoms with van der Waals surface area (Å²) in [6.07, 6.45) is 2.26. The van der Waals surface area contributed by atoms with Crippen LogP contribution in [0.1, 0.15) is 35.6 Å². The zero-order chi connectivity index (χ0) is 22.9. The standard InChI is InChI=1S/C27H39N5O/c1-3-26(32-13-12-22-8-4-6-11-25(22)21-32)19-30-27(28-2)29-18-23-9-5-7-10-24(23)20-31-14-16-33-17-15-31/h4-11,26H,3,12-21H2,1-2H3,(H2,28,29,30). The lowest BCUT2D eigenvalue weighted by Gasteiger charge is -2.35. The molecule has 2 aromatic rings. The summed E-state index contributed by atoms with van der Waals surface area (Å²) in [5.74, 6) is 0.868. The van der Waals surface area contributed by atoms with Gasteiger partial charge in [0, 0.05) is 58.9 Å². The molecule has 2 aliphatic rings. The summed E-state index contributed by atoms with van der Waals surface area (Å²) in [5, 5.41) is 7.12. The molecule has 2 heterocycles. The zero-order valence-electron chi connectivity index (χ0n) is 20.2. The highest BCUT2D eigenvalue weighted by Crippen LogP contribution is 2.21. The Morgan fingerprint density at radius 3 is 2.45 bits per heavy atom. The molecule has 6 nitrogen and oxygen atoms in total. The first-order valence-electron chi connectivity index (χ1n) is 12.4. The van der Waals surface area contributed by atoms with E-state index >= 15 is 0 Å². The molecular formula is C27H39N5O. The first-order chi connectivity index (χ1) is 16.3. The van der Waals surface area contributed by atoms with Gasteiger partial charge in [0.25, 0.3) is 0 Å². The third-order valence-electron chi connectivity index (χ3n) is 6.94. The van der Waals surface area contributed by atoms with Gasteiger partial charge in [-0.15, -0.1) is 0 Å². The number of ether oxygens (including phenoxy) is 1. The Bertz CT molecular complexity index is 909. The lowest BCUT2D eigenvalue weighted by Crippen LogP contribution is -2.48. The van der Waals surface area contributed by atoms with Gasteiger partial charge < -0.3 is 15.4 Å². The Morgan fingerprint density at radius 2 is 1.70 bits per heavy atom. The van der Waals surface area contributed by atoms with Crippen LogP contribution in [0, 0.1) is 0 Å². The molecule has 4 rings (SSSR count). The molecule has 33 heavy (non-hydrogen) atoms. The van der Waals surface area contributed by atoms with Gasteiger partial charge in [0.05, 0.1) is 13.2 Å². The minimum absolute atomic E-state index is 0.491. The molecule has 2 aromatic carbocycles. The zero-order valence-corrected chi connectivity index (χ0v) is 20.2. The maximum atomic E-state index is 5.50. The number of guanidine groups is 1. The number of aliphatic imine (C=N–C) groups is 1. The van der Waals surface area contributed by atoms with Crippen LogP contribution in [0.15, 0.2) is 53.5 Å². The lowest BCUT2D eigenvalue weighted by molar-refractivity contribution is 0.0341. The minimum Gasteiger partial charge on any atom is -0.379 e. The van der Waals surface area contributed by atoms with E-state index in [0.717, 1.165) is 77.8 Å². The minimum atomic E-state index is 0.491.